The molecule has 3 aliphatic rings. The van der Waals surface area contributed by atoms with Crippen LogP contribution < -0.4 is 24.8 Å². The van der Waals surface area contributed by atoms with E-state index in [0.29, 0.717) is 5.92 Å². The van der Waals surface area contributed by atoms with Crippen LogP contribution in [0.1, 0.15) is 40.1 Å². The monoisotopic (exact) mass is 502 g/mol. The van der Waals surface area contributed by atoms with E-state index < -0.39 is 0 Å². The van der Waals surface area contributed by atoms with Gasteiger partial charge in [0.05, 0.1) is 5.70 Å². The van der Waals surface area contributed by atoms with Gasteiger partial charge in [0.15, 0.2) is 0 Å². The van der Waals surface area contributed by atoms with Crippen LogP contribution in [0.2, 0.25) is 0 Å². The molecule has 0 amide bonds. The topological polar surface area (TPSA) is 12.4 Å². The number of fused-ring (bicyclic) bond motifs is 2. The molecule has 1 atom stereocenters. The third-order valence-corrected chi connectivity index (χ3v) is 6.88. The van der Waals surface area contributed by atoms with Gasteiger partial charge in [-0.05, 0) is 18.6 Å². The third-order valence-electron chi connectivity index (χ3n) is 4.75. The molecule has 5 rings (SSSR count). The summed E-state index contributed by atoms with van der Waals surface area (Å²) in [5.74, 6) is 0.535. The van der Waals surface area contributed by atoms with Gasteiger partial charge in [-0.25, -0.2) is 0 Å². The van der Waals surface area contributed by atoms with Crippen molar-refractivity contribution < 1.29 is 49.5 Å². The van der Waals surface area contributed by atoms with Crippen LogP contribution in [0.5, 0.6) is 0 Å². The van der Waals surface area contributed by atoms with E-state index in [1.807, 2.05) is 17.4 Å². The van der Waals surface area contributed by atoms with Crippen molar-refractivity contribution in [3.63, 3.8) is 0 Å². The zero-order valence-corrected chi connectivity index (χ0v) is 20.5. The summed E-state index contributed by atoms with van der Waals surface area (Å²) in [6.07, 6.45) is 11.7. The molecular formula is C23H20Cl2NSZr. The first-order valence-electron chi connectivity index (χ1n) is 8.92. The fourth-order valence-electron chi connectivity index (χ4n) is 3.43. The molecule has 1 nitrogen and oxygen atoms in total. The fraction of sp³-hybridized carbons (Fsp3) is 0.174. The Balaban J connectivity index is 0.000000204. The van der Waals surface area contributed by atoms with Crippen LogP contribution in [0, 0.1) is 6.92 Å². The Kier molecular flexibility index (Phi) is 8.46. The first kappa shape index (κ1) is 23.3. The Morgan fingerprint density at radius 1 is 1.07 bits per heavy atom. The largest absolute Gasteiger partial charge is 1.00 e. The Hall–Kier alpha value is -0.987. The number of hydrogen-bond acceptors (Lipinski definition) is 2. The molecule has 2 aromatic rings. The minimum absolute atomic E-state index is 0. The summed E-state index contributed by atoms with van der Waals surface area (Å²) in [5.41, 5.74) is 6.50. The number of thiophene rings is 1. The number of hydrogen-bond donors (Lipinski definition) is 0. The zero-order valence-electron chi connectivity index (χ0n) is 15.7. The van der Waals surface area contributed by atoms with E-state index in [9.17, 15) is 0 Å². The molecule has 1 aromatic carbocycles. The van der Waals surface area contributed by atoms with Gasteiger partial charge in [-0.1, -0.05) is 19.1 Å². The maximum Gasteiger partial charge on any atom is -1.00 e. The van der Waals surface area contributed by atoms with Gasteiger partial charge in [-0.15, -0.1) is 0 Å². The van der Waals surface area contributed by atoms with Crippen LogP contribution in [0.25, 0.3) is 6.08 Å². The number of halogens is 2. The second-order valence-electron chi connectivity index (χ2n) is 6.58. The zero-order chi connectivity index (χ0) is 18.1. The van der Waals surface area contributed by atoms with E-state index in [1.54, 1.807) is 3.28 Å². The predicted octanol–water partition coefficient (Wildman–Crippen LogP) is 0.329. The Labute approximate surface area is 198 Å². The molecule has 0 fully saturated rings. The molecule has 1 aromatic heterocycles. The van der Waals surface area contributed by atoms with Crippen molar-refractivity contribution >= 4 is 23.1 Å². The first-order chi connectivity index (χ1) is 12.7. The minimum Gasteiger partial charge on any atom is -1.00 e. The summed E-state index contributed by atoms with van der Waals surface area (Å²) in [7, 11) is 0. The molecule has 28 heavy (non-hydrogen) atoms. The smallest absolute Gasteiger partial charge is 1.00 e. The summed E-state index contributed by atoms with van der Waals surface area (Å²) >= 11 is 3.46. The van der Waals surface area contributed by atoms with E-state index in [-0.39, 0.29) is 24.8 Å². The Bertz CT molecular complexity index is 1010. The number of rotatable bonds is 2. The van der Waals surface area contributed by atoms with E-state index in [0.717, 1.165) is 12.1 Å². The second kappa shape index (κ2) is 10.2. The molecule has 141 valence electrons. The fourth-order valence-corrected chi connectivity index (χ4v) is 5.85. The summed E-state index contributed by atoms with van der Waals surface area (Å²) in [6.45, 7) is 4.31. The molecule has 0 saturated carbocycles. The maximum atomic E-state index is 4.39. The van der Waals surface area contributed by atoms with Crippen molar-refractivity contribution in [1.82, 2.24) is 0 Å². The quantitative estimate of drug-likeness (QED) is 0.559. The molecule has 5 heteroatoms. The molecule has 2 heterocycles. The van der Waals surface area contributed by atoms with Crippen molar-refractivity contribution in [3.05, 3.63) is 96.1 Å². The number of nitrogens with zero attached hydrogens (tertiary/aromatic N) is 1. The SMILES string of the molecule is CCC1=NC2=CC=CC2=C1.Cc1ccc(C2[C]([Zr+2])=Cc3ccccc32)s1.[Cl-].[Cl-]. The number of aliphatic imine (C=N–C) groups is 1. The molecule has 0 radical (unpaired) electrons. The van der Waals surface area contributed by atoms with Gasteiger partial charge < -0.3 is 24.8 Å². The van der Waals surface area contributed by atoms with Gasteiger partial charge in [0.2, 0.25) is 0 Å². The van der Waals surface area contributed by atoms with E-state index >= 15 is 0 Å². The van der Waals surface area contributed by atoms with Crippen LogP contribution >= 0.6 is 11.3 Å². The molecule has 0 spiro atoms. The van der Waals surface area contributed by atoms with Crippen LogP contribution in [-0.4, -0.2) is 5.71 Å². The molecule has 1 unspecified atom stereocenters. The van der Waals surface area contributed by atoms with Gasteiger partial charge in [0.1, 0.15) is 0 Å². The molecule has 0 N–H and O–H groups in total. The van der Waals surface area contributed by atoms with Crippen LogP contribution in [0.15, 0.2) is 80.2 Å². The number of allylic oxidation sites excluding steroid dienone is 5. The van der Waals surface area contributed by atoms with Crippen molar-refractivity contribution in [2.75, 3.05) is 0 Å². The Morgan fingerprint density at radius 2 is 1.86 bits per heavy atom. The summed E-state index contributed by atoms with van der Waals surface area (Å²) in [6, 6.07) is 13.3. The van der Waals surface area contributed by atoms with Gasteiger partial charge in [0, 0.05) is 11.3 Å². The number of benzene rings is 1. The van der Waals surface area contributed by atoms with E-state index in [1.165, 1.54) is 56.9 Å². The molecule has 2 aliphatic carbocycles. The van der Waals surface area contributed by atoms with Crippen molar-refractivity contribution in [2.24, 2.45) is 4.99 Å². The standard InChI is InChI=1S/C14H11S.C9H9N.2ClH.Zr/c1-10-6-9-14(15-10)13-8-7-11-4-2-3-5-12(11)13;1-2-8-6-7-4-3-5-9(7)10-8;;;/h2-7,9,13H,1H3;3-6H,2H2,1H3;2*1H;/q;;;;+2/p-2. The van der Waals surface area contributed by atoms with Crippen LogP contribution in [0.4, 0.5) is 0 Å². The molecule has 0 saturated heterocycles. The Morgan fingerprint density at radius 3 is 2.54 bits per heavy atom. The normalized spacial score (nSPS) is 17.8. The minimum atomic E-state index is 0. The molecule has 0 bridgehead atoms. The summed E-state index contributed by atoms with van der Waals surface area (Å²) in [5, 5.41) is 0. The van der Waals surface area contributed by atoms with E-state index in [2.05, 4.69) is 79.5 Å². The summed E-state index contributed by atoms with van der Waals surface area (Å²) < 4.78 is 1.55. The van der Waals surface area contributed by atoms with Crippen LogP contribution in [-0.2, 0) is 24.7 Å². The van der Waals surface area contributed by atoms with Crippen molar-refractivity contribution in [1.29, 1.82) is 0 Å². The second-order valence-corrected chi connectivity index (χ2v) is 9.32. The van der Waals surface area contributed by atoms with E-state index in [4.69, 9.17) is 0 Å². The molecular weight excluding hydrogens is 484 g/mol. The van der Waals surface area contributed by atoms with Gasteiger partial charge in [-0.3, -0.25) is 4.99 Å². The van der Waals surface area contributed by atoms with Crippen molar-refractivity contribution in [3.8, 4) is 0 Å². The first-order valence-corrected chi connectivity index (χ1v) is 11.0. The van der Waals surface area contributed by atoms with Gasteiger partial charge >= 0.3 is 116 Å². The predicted molar refractivity (Wildman–Crippen MR) is 108 cm³/mol. The van der Waals surface area contributed by atoms with Gasteiger partial charge in [0.25, 0.3) is 0 Å². The number of aryl methyl sites for hydroxylation is 1. The average Bonchev–Trinajstić information content (AvgIpc) is 3.37. The average molecular weight is 505 g/mol. The van der Waals surface area contributed by atoms with Crippen LogP contribution in [0.3, 0.4) is 0 Å². The molecule has 1 aliphatic heterocycles. The van der Waals surface area contributed by atoms with Gasteiger partial charge in [-0.2, -0.15) is 0 Å². The maximum absolute atomic E-state index is 4.39. The summed E-state index contributed by atoms with van der Waals surface area (Å²) in [4.78, 5) is 7.29. The van der Waals surface area contributed by atoms with Crippen molar-refractivity contribution in [2.45, 2.75) is 26.2 Å². The third kappa shape index (κ3) is 4.77.